The fourth-order valence-corrected chi connectivity index (χ4v) is 2.21. The molecule has 0 aliphatic carbocycles. The van der Waals surface area contributed by atoms with Gasteiger partial charge in [0.2, 0.25) is 0 Å². The lowest BCUT2D eigenvalue weighted by Crippen LogP contribution is -2.39. The van der Waals surface area contributed by atoms with E-state index in [0.717, 1.165) is 19.0 Å². The summed E-state index contributed by atoms with van der Waals surface area (Å²) in [5, 5.41) is 12.0. The molecule has 94 valence electrons. The highest BCUT2D eigenvalue weighted by molar-refractivity contribution is 5.67. The van der Waals surface area contributed by atoms with Crippen molar-refractivity contribution < 1.29 is 9.90 Å². The van der Waals surface area contributed by atoms with Crippen LogP contribution in [0.15, 0.2) is 0 Å². The molecule has 1 fully saturated rings. The summed E-state index contributed by atoms with van der Waals surface area (Å²) in [5.41, 5.74) is 0. The first-order chi connectivity index (χ1) is 7.61. The van der Waals surface area contributed by atoms with E-state index in [1.54, 1.807) is 0 Å². The Hall–Kier alpha value is -0.610. The van der Waals surface area contributed by atoms with Gasteiger partial charge < -0.3 is 15.3 Å². The van der Waals surface area contributed by atoms with Crippen LogP contribution in [0.3, 0.4) is 0 Å². The number of aliphatic carboxylic acids is 1. The lowest BCUT2D eigenvalue weighted by molar-refractivity contribution is -0.137. The molecule has 1 saturated heterocycles. The molecule has 0 spiro atoms. The summed E-state index contributed by atoms with van der Waals surface area (Å²) in [4.78, 5) is 13.0. The van der Waals surface area contributed by atoms with Gasteiger partial charge in [-0.05, 0) is 51.9 Å². The average Bonchev–Trinajstić information content (AvgIpc) is 2.26. The maximum absolute atomic E-state index is 10.5. The number of hydrogen-bond donors (Lipinski definition) is 2. The molecule has 1 aliphatic rings. The van der Waals surface area contributed by atoms with E-state index in [4.69, 9.17) is 5.11 Å². The van der Waals surface area contributed by atoms with Gasteiger partial charge in [0, 0.05) is 6.04 Å². The molecule has 0 aromatic rings. The minimum Gasteiger partial charge on any atom is -0.481 e. The number of nitrogens with one attached hydrogen (secondary N) is 1. The third-order valence-corrected chi connectivity index (χ3v) is 3.39. The van der Waals surface area contributed by atoms with Crippen molar-refractivity contribution in [3.63, 3.8) is 0 Å². The van der Waals surface area contributed by atoms with Gasteiger partial charge in [0.25, 0.3) is 0 Å². The highest BCUT2D eigenvalue weighted by Crippen LogP contribution is 2.16. The van der Waals surface area contributed by atoms with Gasteiger partial charge in [-0.1, -0.05) is 6.92 Å². The number of rotatable bonds is 6. The van der Waals surface area contributed by atoms with Crippen molar-refractivity contribution in [2.45, 2.75) is 39.2 Å². The molecular weight excluding hydrogens is 204 g/mol. The van der Waals surface area contributed by atoms with Crippen LogP contribution in [0.1, 0.15) is 33.1 Å². The van der Waals surface area contributed by atoms with Gasteiger partial charge in [0.15, 0.2) is 0 Å². The van der Waals surface area contributed by atoms with Crippen LogP contribution < -0.4 is 5.32 Å². The van der Waals surface area contributed by atoms with Crippen LogP contribution in [0.5, 0.6) is 0 Å². The number of piperidine rings is 1. The third-order valence-electron chi connectivity index (χ3n) is 3.39. The van der Waals surface area contributed by atoms with E-state index in [-0.39, 0.29) is 12.5 Å². The van der Waals surface area contributed by atoms with Crippen LogP contribution >= 0.6 is 0 Å². The second-order valence-corrected chi connectivity index (χ2v) is 4.78. The Kier molecular flexibility index (Phi) is 5.77. The number of carboxylic acid groups (broad SMARTS) is 1. The second kappa shape index (κ2) is 6.86. The largest absolute Gasteiger partial charge is 0.481 e. The van der Waals surface area contributed by atoms with Gasteiger partial charge >= 0.3 is 5.97 Å². The summed E-state index contributed by atoms with van der Waals surface area (Å²) < 4.78 is 0. The summed E-state index contributed by atoms with van der Waals surface area (Å²) >= 11 is 0. The van der Waals surface area contributed by atoms with Gasteiger partial charge in [-0.25, -0.2) is 0 Å². The quantitative estimate of drug-likeness (QED) is 0.716. The van der Waals surface area contributed by atoms with Gasteiger partial charge in [0.05, 0.1) is 6.42 Å². The molecule has 0 saturated carbocycles. The van der Waals surface area contributed by atoms with E-state index in [1.165, 1.54) is 25.9 Å². The standard InChI is InChI=1S/C12H24N2O2/c1-3-14-6-4-11(5-7-14)9-13-10(2)8-12(15)16/h10-11,13H,3-9H2,1-2H3,(H,15,16). The molecule has 1 rings (SSSR count). The molecule has 4 nitrogen and oxygen atoms in total. The molecule has 1 atom stereocenters. The van der Waals surface area contributed by atoms with E-state index >= 15 is 0 Å². The Balaban J connectivity index is 2.12. The Morgan fingerprint density at radius 2 is 2.12 bits per heavy atom. The Morgan fingerprint density at radius 1 is 1.50 bits per heavy atom. The molecule has 0 bridgehead atoms. The molecule has 2 N–H and O–H groups in total. The Labute approximate surface area is 98.0 Å². The van der Waals surface area contributed by atoms with Crippen molar-refractivity contribution in [1.82, 2.24) is 10.2 Å². The summed E-state index contributed by atoms with van der Waals surface area (Å²) in [6, 6.07) is 0.0849. The minimum absolute atomic E-state index is 0.0849. The first kappa shape index (κ1) is 13.5. The molecular formula is C12H24N2O2. The Bertz CT molecular complexity index is 213. The van der Waals surface area contributed by atoms with Crippen LogP contribution in [0, 0.1) is 5.92 Å². The maximum atomic E-state index is 10.5. The molecule has 1 aliphatic heterocycles. The molecule has 4 heteroatoms. The average molecular weight is 228 g/mol. The first-order valence-electron chi connectivity index (χ1n) is 6.29. The molecule has 0 amide bonds. The number of likely N-dealkylation sites (tertiary alicyclic amines) is 1. The zero-order valence-corrected chi connectivity index (χ0v) is 10.4. The van der Waals surface area contributed by atoms with E-state index < -0.39 is 5.97 Å². The summed E-state index contributed by atoms with van der Waals surface area (Å²) in [6.45, 7) is 8.64. The normalized spacial score (nSPS) is 20.9. The maximum Gasteiger partial charge on any atom is 0.304 e. The number of hydrogen-bond acceptors (Lipinski definition) is 3. The smallest absolute Gasteiger partial charge is 0.304 e. The highest BCUT2D eigenvalue weighted by Gasteiger charge is 2.18. The zero-order chi connectivity index (χ0) is 12.0. The predicted octanol–water partition coefficient (Wildman–Crippen LogP) is 1.17. The summed E-state index contributed by atoms with van der Waals surface area (Å²) in [6.07, 6.45) is 2.69. The Morgan fingerprint density at radius 3 is 2.62 bits per heavy atom. The van der Waals surface area contributed by atoms with Crippen molar-refractivity contribution in [2.24, 2.45) is 5.92 Å². The van der Waals surface area contributed by atoms with Crippen LogP contribution in [0.25, 0.3) is 0 Å². The molecule has 1 unspecified atom stereocenters. The van der Waals surface area contributed by atoms with E-state index in [0.29, 0.717) is 0 Å². The fraction of sp³-hybridized carbons (Fsp3) is 0.917. The molecule has 16 heavy (non-hydrogen) atoms. The third kappa shape index (κ3) is 4.94. The molecule has 1 heterocycles. The van der Waals surface area contributed by atoms with Crippen LogP contribution in [0.2, 0.25) is 0 Å². The van der Waals surface area contributed by atoms with Crippen LogP contribution in [-0.4, -0.2) is 48.2 Å². The van der Waals surface area contributed by atoms with Gasteiger partial charge in [-0.3, -0.25) is 4.79 Å². The van der Waals surface area contributed by atoms with Crippen LogP contribution in [0.4, 0.5) is 0 Å². The number of carbonyl (C=O) groups is 1. The summed E-state index contributed by atoms with van der Waals surface area (Å²) in [7, 11) is 0. The molecule has 0 radical (unpaired) electrons. The first-order valence-corrected chi connectivity index (χ1v) is 6.29. The van der Waals surface area contributed by atoms with E-state index in [2.05, 4.69) is 17.1 Å². The predicted molar refractivity (Wildman–Crippen MR) is 64.6 cm³/mol. The molecule has 0 aromatic carbocycles. The SMILES string of the molecule is CCN1CCC(CNC(C)CC(=O)O)CC1. The second-order valence-electron chi connectivity index (χ2n) is 4.78. The highest BCUT2D eigenvalue weighted by atomic mass is 16.4. The zero-order valence-electron chi connectivity index (χ0n) is 10.4. The van der Waals surface area contributed by atoms with Gasteiger partial charge in [-0.2, -0.15) is 0 Å². The van der Waals surface area contributed by atoms with Gasteiger partial charge in [0.1, 0.15) is 0 Å². The number of carboxylic acids is 1. The lowest BCUT2D eigenvalue weighted by Gasteiger charge is -2.31. The van der Waals surface area contributed by atoms with Crippen molar-refractivity contribution in [3.8, 4) is 0 Å². The van der Waals surface area contributed by atoms with Crippen LogP contribution in [-0.2, 0) is 4.79 Å². The van der Waals surface area contributed by atoms with Crippen molar-refractivity contribution in [1.29, 1.82) is 0 Å². The fourth-order valence-electron chi connectivity index (χ4n) is 2.21. The topological polar surface area (TPSA) is 52.6 Å². The van der Waals surface area contributed by atoms with Crippen molar-refractivity contribution in [3.05, 3.63) is 0 Å². The van der Waals surface area contributed by atoms with E-state index in [9.17, 15) is 4.79 Å². The molecule has 0 aromatic heterocycles. The summed E-state index contributed by atoms with van der Waals surface area (Å²) in [5.74, 6) is -0.000141. The minimum atomic E-state index is -0.721. The lowest BCUT2D eigenvalue weighted by atomic mass is 9.96. The monoisotopic (exact) mass is 228 g/mol. The van der Waals surface area contributed by atoms with Gasteiger partial charge in [-0.15, -0.1) is 0 Å². The van der Waals surface area contributed by atoms with Crippen molar-refractivity contribution >= 4 is 5.97 Å². The number of nitrogens with zero attached hydrogens (tertiary/aromatic N) is 1. The van der Waals surface area contributed by atoms with E-state index in [1.807, 2.05) is 6.92 Å². The van der Waals surface area contributed by atoms with Crippen molar-refractivity contribution in [2.75, 3.05) is 26.2 Å².